The number of benzene rings is 2. The summed E-state index contributed by atoms with van der Waals surface area (Å²) in [6.07, 6.45) is 1.57. The first-order chi connectivity index (χ1) is 13.8. The van der Waals surface area contributed by atoms with Gasteiger partial charge in [0.05, 0.1) is 17.7 Å². The lowest BCUT2D eigenvalue weighted by Crippen LogP contribution is -2.18. The van der Waals surface area contributed by atoms with E-state index in [1.165, 1.54) is 13.2 Å². The standard InChI is InChI=1S/C21H21N3O4S/c1-14-10-11-16(21(25)23-20-15(2)7-6-12-22-20)13-19(14)29(26,27)24-17-8-4-5-9-18(17)28-3/h4-13,24H,1-3H3,(H,22,23,25). The van der Waals surface area contributed by atoms with Crippen LogP contribution in [0.4, 0.5) is 11.5 Å². The molecule has 3 rings (SSSR count). The highest BCUT2D eigenvalue weighted by atomic mass is 32.2. The van der Waals surface area contributed by atoms with Crippen molar-refractivity contribution in [2.24, 2.45) is 0 Å². The molecule has 0 unspecified atom stereocenters. The summed E-state index contributed by atoms with van der Waals surface area (Å²) in [6, 6.07) is 14.8. The highest BCUT2D eigenvalue weighted by molar-refractivity contribution is 7.92. The molecule has 0 aliphatic rings. The topological polar surface area (TPSA) is 97.4 Å². The molecule has 150 valence electrons. The van der Waals surface area contributed by atoms with Crippen molar-refractivity contribution in [1.29, 1.82) is 0 Å². The normalized spacial score (nSPS) is 11.0. The zero-order valence-electron chi connectivity index (χ0n) is 16.3. The van der Waals surface area contributed by atoms with E-state index in [9.17, 15) is 13.2 Å². The number of sulfonamides is 1. The average Bonchev–Trinajstić information content (AvgIpc) is 2.70. The fourth-order valence-corrected chi connectivity index (χ4v) is 4.10. The van der Waals surface area contributed by atoms with Crippen molar-refractivity contribution in [3.8, 4) is 5.75 Å². The number of rotatable bonds is 6. The molecule has 0 spiro atoms. The number of para-hydroxylation sites is 2. The number of anilines is 2. The highest BCUT2D eigenvalue weighted by Crippen LogP contribution is 2.27. The van der Waals surface area contributed by atoms with Gasteiger partial charge >= 0.3 is 0 Å². The highest BCUT2D eigenvalue weighted by Gasteiger charge is 2.21. The van der Waals surface area contributed by atoms with E-state index >= 15 is 0 Å². The summed E-state index contributed by atoms with van der Waals surface area (Å²) in [5.74, 6) is 0.378. The third-order valence-electron chi connectivity index (χ3n) is 4.33. The van der Waals surface area contributed by atoms with Crippen molar-refractivity contribution in [3.63, 3.8) is 0 Å². The van der Waals surface area contributed by atoms with Gasteiger partial charge in [-0.2, -0.15) is 0 Å². The molecule has 0 aliphatic heterocycles. The minimum Gasteiger partial charge on any atom is -0.495 e. The molecule has 29 heavy (non-hydrogen) atoms. The Morgan fingerprint density at radius 3 is 2.48 bits per heavy atom. The number of methoxy groups -OCH3 is 1. The third-order valence-corrected chi connectivity index (χ3v) is 5.84. The molecule has 2 aromatic carbocycles. The number of aryl methyl sites for hydroxylation is 2. The van der Waals surface area contributed by atoms with Gasteiger partial charge in [0.2, 0.25) is 0 Å². The van der Waals surface area contributed by atoms with E-state index in [2.05, 4.69) is 15.0 Å². The number of nitrogens with one attached hydrogen (secondary N) is 2. The Kier molecular flexibility index (Phi) is 5.84. The SMILES string of the molecule is COc1ccccc1NS(=O)(=O)c1cc(C(=O)Nc2ncccc2C)ccc1C. The monoisotopic (exact) mass is 411 g/mol. The Hall–Kier alpha value is -3.39. The van der Waals surface area contributed by atoms with E-state index in [4.69, 9.17) is 4.74 Å². The van der Waals surface area contributed by atoms with Gasteiger partial charge in [-0.15, -0.1) is 0 Å². The van der Waals surface area contributed by atoms with Gasteiger partial charge in [0.15, 0.2) is 0 Å². The van der Waals surface area contributed by atoms with Crippen molar-refractivity contribution in [3.05, 3.63) is 77.5 Å². The van der Waals surface area contributed by atoms with Crippen LogP contribution < -0.4 is 14.8 Å². The van der Waals surface area contributed by atoms with Crippen LogP contribution in [0, 0.1) is 13.8 Å². The molecule has 1 heterocycles. The number of nitrogens with zero attached hydrogens (tertiary/aromatic N) is 1. The van der Waals surface area contributed by atoms with Gasteiger partial charge in [-0.05, 0) is 55.3 Å². The molecular formula is C21H21N3O4S. The maximum absolute atomic E-state index is 13.0. The average molecular weight is 411 g/mol. The lowest BCUT2D eigenvalue weighted by atomic mass is 10.1. The molecule has 0 saturated heterocycles. The summed E-state index contributed by atoms with van der Waals surface area (Å²) in [4.78, 5) is 16.8. The van der Waals surface area contributed by atoms with Crippen molar-refractivity contribution < 1.29 is 17.9 Å². The molecule has 8 heteroatoms. The van der Waals surface area contributed by atoms with Crippen LogP contribution in [-0.4, -0.2) is 26.4 Å². The van der Waals surface area contributed by atoms with E-state index in [0.717, 1.165) is 5.56 Å². The molecule has 2 N–H and O–H groups in total. The largest absolute Gasteiger partial charge is 0.495 e. The van der Waals surface area contributed by atoms with Gasteiger partial charge < -0.3 is 10.1 Å². The van der Waals surface area contributed by atoms with Crippen molar-refractivity contribution in [2.75, 3.05) is 17.1 Å². The molecule has 7 nitrogen and oxygen atoms in total. The maximum atomic E-state index is 13.0. The third kappa shape index (κ3) is 4.55. The molecular weight excluding hydrogens is 390 g/mol. The quantitative estimate of drug-likeness (QED) is 0.644. The summed E-state index contributed by atoms with van der Waals surface area (Å²) < 4.78 is 33.7. The molecule has 1 amide bonds. The van der Waals surface area contributed by atoms with Crippen LogP contribution in [0.5, 0.6) is 5.75 Å². The van der Waals surface area contributed by atoms with E-state index in [1.807, 2.05) is 13.0 Å². The van der Waals surface area contributed by atoms with Crippen LogP contribution in [0.1, 0.15) is 21.5 Å². The summed E-state index contributed by atoms with van der Waals surface area (Å²) in [6.45, 7) is 3.49. The number of carbonyl (C=O) groups excluding carboxylic acids is 1. The fraction of sp³-hybridized carbons (Fsp3) is 0.143. The van der Waals surface area contributed by atoms with Crippen LogP contribution in [-0.2, 0) is 10.0 Å². The van der Waals surface area contributed by atoms with Gasteiger partial charge in [0, 0.05) is 11.8 Å². The van der Waals surface area contributed by atoms with Gasteiger partial charge in [0.25, 0.3) is 15.9 Å². The van der Waals surface area contributed by atoms with Crippen LogP contribution in [0.15, 0.2) is 65.7 Å². The predicted molar refractivity (Wildman–Crippen MR) is 112 cm³/mol. The second-order valence-corrected chi connectivity index (χ2v) is 8.06. The second kappa shape index (κ2) is 8.32. The van der Waals surface area contributed by atoms with E-state index < -0.39 is 15.9 Å². The Bertz CT molecular complexity index is 1160. The van der Waals surface area contributed by atoms with Crippen LogP contribution in [0.25, 0.3) is 0 Å². The lowest BCUT2D eigenvalue weighted by molar-refractivity contribution is 0.102. The molecule has 3 aromatic rings. The zero-order chi connectivity index (χ0) is 21.0. The van der Waals surface area contributed by atoms with Gasteiger partial charge in [-0.25, -0.2) is 13.4 Å². The maximum Gasteiger partial charge on any atom is 0.262 e. The van der Waals surface area contributed by atoms with E-state index in [-0.39, 0.29) is 10.5 Å². The van der Waals surface area contributed by atoms with Crippen LogP contribution in [0.2, 0.25) is 0 Å². The molecule has 0 aliphatic carbocycles. The summed E-state index contributed by atoms with van der Waals surface area (Å²) in [7, 11) is -2.48. The second-order valence-electron chi connectivity index (χ2n) is 6.41. The molecule has 1 aromatic heterocycles. The van der Waals surface area contributed by atoms with Crippen LogP contribution in [0.3, 0.4) is 0 Å². The Morgan fingerprint density at radius 2 is 1.76 bits per heavy atom. The predicted octanol–water partition coefficient (Wildman–Crippen LogP) is 3.76. The molecule has 0 radical (unpaired) electrons. The van der Waals surface area contributed by atoms with Crippen molar-refractivity contribution in [2.45, 2.75) is 18.7 Å². The Morgan fingerprint density at radius 1 is 1.00 bits per heavy atom. The fourth-order valence-electron chi connectivity index (χ4n) is 2.76. The first-order valence-corrected chi connectivity index (χ1v) is 10.3. The minimum absolute atomic E-state index is 0.00815. The molecule has 0 bridgehead atoms. The Labute approximate surface area is 169 Å². The van der Waals surface area contributed by atoms with Crippen molar-refractivity contribution in [1.82, 2.24) is 4.98 Å². The smallest absolute Gasteiger partial charge is 0.262 e. The number of amides is 1. The number of hydrogen-bond donors (Lipinski definition) is 2. The molecule has 0 atom stereocenters. The number of hydrogen-bond acceptors (Lipinski definition) is 5. The molecule has 0 saturated carbocycles. The van der Waals surface area contributed by atoms with Gasteiger partial charge in [-0.3, -0.25) is 9.52 Å². The van der Waals surface area contributed by atoms with Crippen molar-refractivity contribution >= 4 is 27.4 Å². The first-order valence-electron chi connectivity index (χ1n) is 8.81. The van der Waals surface area contributed by atoms with E-state index in [0.29, 0.717) is 22.8 Å². The zero-order valence-corrected chi connectivity index (χ0v) is 17.1. The lowest BCUT2D eigenvalue weighted by Gasteiger charge is -2.14. The van der Waals surface area contributed by atoms with Crippen LogP contribution >= 0.6 is 0 Å². The number of carbonyl (C=O) groups is 1. The van der Waals surface area contributed by atoms with Gasteiger partial charge in [0.1, 0.15) is 11.6 Å². The van der Waals surface area contributed by atoms with E-state index in [1.54, 1.807) is 55.6 Å². The number of aromatic nitrogens is 1. The number of pyridine rings is 1. The van der Waals surface area contributed by atoms with Gasteiger partial charge in [-0.1, -0.05) is 24.3 Å². The summed E-state index contributed by atoms with van der Waals surface area (Å²) in [5.41, 5.74) is 1.84. The molecule has 0 fully saturated rings. The summed E-state index contributed by atoms with van der Waals surface area (Å²) >= 11 is 0. The minimum atomic E-state index is -3.94. The number of ether oxygens (including phenoxy) is 1. The first kappa shape index (κ1) is 20.3. The summed E-state index contributed by atoms with van der Waals surface area (Å²) in [5, 5.41) is 2.71. The Balaban J connectivity index is 1.92.